The number of imide groups is 1. The molecule has 1 N–H and O–H groups in total. The minimum Gasteiger partial charge on any atom is -0.497 e. The second-order valence-corrected chi connectivity index (χ2v) is 7.65. The van der Waals surface area contributed by atoms with Crippen LogP contribution in [0.1, 0.15) is 11.1 Å². The SMILES string of the molecule is COc1cccc(CC(=O)NCCN2C(=O)S/C(=C/c3ccc(OC(F)F)cc3)C2=O)c1. The molecule has 3 rings (SSSR count). The van der Waals surface area contributed by atoms with Gasteiger partial charge >= 0.3 is 6.61 Å². The van der Waals surface area contributed by atoms with Crippen molar-refractivity contribution in [2.75, 3.05) is 20.2 Å². The van der Waals surface area contributed by atoms with Gasteiger partial charge in [-0.3, -0.25) is 19.3 Å². The Hall–Kier alpha value is -3.40. The van der Waals surface area contributed by atoms with E-state index in [9.17, 15) is 23.2 Å². The average Bonchev–Trinajstić information content (AvgIpc) is 3.02. The van der Waals surface area contributed by atoms with Crippen LogP contribution in [0, 0.1) is 0 Å². The summed E-state index contributed by atoms with van der Waals surface area (Å²) in [5, 5.41) is 2.25. The van der Waals surface area contributed by atoms with E-state index in [1.807, 2.05) is 0 Å². The molecule has 1 aliphatic heterocycles. The Morgan fingerprint density at radius 1 is 1.16 bits per heavy atom. The van der Waals surface area contributed by atoms with Gasteiger partial charge in [0.1, 0.15) is 11.5 Å². The van der Waals surface area contributed by atoms with Crippen LogP contribution in [0.5, 0.6) is 11.5 Å². The van der Waals surface area contributed by atoms with Crippen molar-refractivity contribution in [2.24, 2.45) is 0 Å². The lowest BCUT2D eigenvalue weighted by molar-refractivity contribution is -0.124. The van der Waals surface area contributed by atoms with Crippen LogP contribution in [0.15, 0.2) is 53.4 Å². The van der Waals surface area contributed by atoms with E-state index in [1.54, 1.807) is 31.4 Å². The number of alkyl halides is 2. The molecule has 7 nitrogen and oxygen atoms in total. The molecule has 1 heterocycles. The van der Waals surface area contributed by atoms with Gasteiger partial charge in [-0.2, -0.15) is 8.78 Å². The number of nitrogens with one attached hydrogen (secondary N) is 1. The lowest BCUT2D eigenvalue weighted by Gasteiger charge is -2.13. The molecule has 0 atom stereocenters. The highest BCUT2D eigenvalue weighted by molar-refractivity contribution is 8.18. The predicted molar refractivity (Wildman–Crippen MR) is 115 cm³/mol. The maximum atomic E-state index is 12.5. The summed E-state index contributed by atoms with van der Waals surface area (Å²) in [6.07, 6.45) is 1.64. The molecule has 2 aromatic carbocycles. The fourth-order valence-corrected chi connectivity index (χ4v) is 3.79. The first kappa shape index (κ1) is 23.3. The second-order valence-electron chi connectivity index (χ2n) is 6.66. The summed E-state index contributed by atoms with van der Waals surface area (Å²) in [7, 11) is 1.54. The molecular formula is C22H20F2N2O5S. The van der Waals surface area contributed by atoms with Gasteiger partial charge in [-0.1, -0.05) is 24.3 Å². The molecule has 32 heavy (non-hydrogen) atoms. The molecule has 168 valence electrons. The van der Waals surface area contributed by atoms with Crippen molar-refractivity contribution in [3.63, 3.8) is 0 Å². The molecule has 0 aliphatic carbocycles. The van der Waals surface area contributed by atoms with Gasteiger partial charge in [0.2, 0.25) is 5.91 Å². The van der Waals surface area contributed by atoms with Gasteiger partial charge in [0.05, 0.1) is 18.4 Å². The zero-order valence-electron chi connectivity index (χ0n) is 17.0. The highest BCUT2D eigenvalue weighted by Gasteiger charge is 2.34. The molecule has 0 bridgehead atoms. The molecule has 1 fully saturated rings. The number of hydrogen-bond donors (Lipinski definition) is 1. The first-order chi connectivity index (χ1) is 15.4. The molecule has 3 amide bonds. The van der Waals surface area contributed by atoms with Crippen LogP contribution >= 0.6 is 11.8 Å². The minimum absolute atomic E-state index is 0.00468. The van der Waals surface area contributed by atoms with Crippen LogP contribution in [0.25, 0.3) is 6.08 Å². The zero-order valence-corrected chi connectivity index (χ0v) is 17.9. The molecule has 10 heteroatoms. The van der Waals surface area contributed by atoms with E-state index < -0.39 is 17.8 Å². The van der Waals surface area contributed by atoms with E-state index in [0.717, 1.165) is 22.2 Å². The quantitative estimate of drug-likeness (QED) is 0.572. The van der Waals surface area contributed by atoms with E-state index in [0.29, 0.717) is 11.3 Å². The number of nitrogens with zero attached hydrogens (tertiary/aromatic N) is 1. The third kappa shape index (κ3) is 6.30. The van der Waals surface area contributed by atoms with Crippen LogP contribution in [0.3, 0.4) is 0 Å². The number of rotatable bonds is 9. The molecule has 0 unspecified atom stereocenters. The molecule has 2 aromatic rings. The fraction of sp³-hybridized carbons (Fsp3) is 0.227. The van der Waals surface area contributed by atoms with Gasteiger partial charge in [-0.05, 0) is 53.2 Å². The van der Waals surface area contributed by atoms with Crippen molar-refractivity contribution >= 4 is 34.9 Å². The smallest absolute Gasteiger partial charge is 0.387 e. The first-order valence-electron chi connectivity index (χ1n) is 9.55. The molecule has 0 radical (unpaired) electrons. The van der Waals surface area contributed by atoms with Crippen LogP contribution in [-0.4, -0.2) is 48.8 Å². The molecule has 0 saturated carbocycles. The van der Waals surface area contributed by atoms with E-state index in [1.165, 1.54) is 30.3 Å². The predicted octanol–water partition coefficient (Wildman–Crippen LogP) is 3.69. The zero-order chi connectivity index (χ0) is 23.1. The number of benzene rings is 2. The van der Waals surface area contributed by atoms with E-state index in [-0.39, 0.29) is 36.1 Å². The summed E-state index contributed by atoms with van der Waals surface area (Å²) in [5.41, 5.74) is 1.34. The Morgan fingerprint density at radius 2 is 1.91 bits per heavy atom. The van der Waals surface area contributed by atoms with E-state index in [2.05, 4.69) is 10.1 Å². The number of hydrogen-bond acceptors (Lipinski definition) is 6. The number of methoxy groups -OCH3 is 1. The number of halogens is 2. The number of amides is 3. The van der Waals surface area contributed by atoms with Gasteiger partial charge in [0.25, 0.3) is 11.1 Å². The summed E-state index contributed by atoms with van der Waals surface area (Å²) in [6, 6.07) is 12.8. The molecule has 1 saturated heterocycles. The molecule has 1 aliphatic rings. The minimum atomic E-state index is -2.92. The lowest BCUT2D eigenvalue weighted by Crippen LogP contribution is -2.37. The van der Waals surface area contributed by atoms with Gasteiger partial charge in [0, 0.05) is 13.1 Å². The summed E-state index contributed by atoms with van der Waals surface area (Å²) >= 11 is 0.778. The average molecular weight is 462 g/mol. The van der Waals surface area contributed by atoms with Gasteiger partial charge in [0.15, 0.2) is 0 Å². The third-order valence-corrected chi connectivity index (χ3v) is 5.34. The Labute approximate surface area is 187 Å². The monoisotopic (exact) mass is 462 g/mol. The van der Waals surface area contributed by atoms with Crippen molar-refractivity contribution in [1.29, 1.82) is 0 Å². The Bertz CT molecular complexity index is 1030. The van der Waals surface area contributed by atoms with Gasteiger partial charge in [-0.15, -0.1) is 0 Å². The maximum absolute atomic E-state index is 12.5. The summed E-state index contributed by atoms with van der Waals surface area (Å²) < 4.78 is 33.8. The van der Waals surface area contributed by atoms with Crippen LogP contribution in [0.2, 0.25) is 0 Å². The Balaban J connectivity index is 1.52. The molecular weight excluding hydrogens is 442 g/mol. The van der Waals surface area contributed by atoms with Crippen molar-refractivity contribution in [1.82, 2.24) is 10.2 Å². The Kier molecular flexibility index (Phi) is 7.82. The maximum Gasteiger partial charge on any atom is 0.387 e. The van der Waals surface area contributed by atoms with Crippen molar-refractivity contribution < 1.29 is 32.6 Å². The summed E-state index contributed by atoms with van der Waals surface area (Å²) in [5.74, 6) is -0.0761. The third-order valence-electron chi connectivity index (χ3n) is 4.43. The van der Waals surface area contributed by atoms with E-state index in [4.69, 9.17) is 4.74 Å². The highest BCUT2D eigenvalue weighted by atomic mass is 32.2. The fourth-order valence-electron chi connectivity index (χ4n) is 2.93. The summed E-state index contributed by atoms with van der Waals surface area (Å²) in [6.45, 7) is -2.77. The second kappa shape index (κ2) is 10.8. The standard InChI is InChI=1S/C22H20F2N2O5S/c1-30-17-4-2-3-15(11-17)13-19(27)25-9-10-26-20(28)18(32-22(26)29)12-14-5-7-16(8-6-14)31-21(23)24/h2-8,11-12,21H,9-10,13H2,1H3,(H,25,27)/b18-12+. The lowest BCUT2D eigenvalue weighted by atomic mass is 10.1. The number of carbonyl (C=O) groups is 3. The number of ether oxygens (including phenoxy) is 2. The van der Waals surface area contributed by atoms with Crippen LogP contribution < -0.4 is 14.8 Å². The first-order valence-corrected chi connectivity index (χ1v) is 10.4. The highest BCUT2D eigenvalue weighted by Crippen LogP contribution is 2.32. The molecule has 0 aromatic heterocycles. The van der Waals surface area contributed by atoms with Crippen LogP contribution in [-0.2, 0) is 16.0 Å². The number of thioether (sulfide) groups is 1. The normalized spacial score (nSPS) is 14.9. The van der Waals surface area contributed by atoms with Crippen molar-refractivity contribution in [3.8, 4) is 11.5 Å². The van der Waals surface area contributed by atoms with Crippen molar-refractivity contribution in [3.05, 3.63) is 64.6 Å². The number of carbonyl (C=O) groups excluding carboxylic acids is 3. The Morgan fingerprint density at radius 3 is 2.59 bits per heavy atom. The largest absolute Gasteiger partial charge is 0.497 e. The van der Waals surface area contributed by atoms with Gasteiger partial charge in [-0.25, -0.2) is 0 Å². The van der Waals surface area contributed by atoms with Gasteiger partial charge < -0.3 is 14.8 Å². The molecule has 0 spiro atoms. The topological polar surface area (TPSA) is 84.9 Å². The summed E-state index contributed by atoms with van der Waals surface area (Å²) in [4.78, 5) is 38.1. The van der Waals surface area contributed by atoms with Crippen LogP contribution in [0.4, 0.5) is 13.6 Å². The van der Waals surface area contributed by atoms with E-state index >= 15 is 0 Å². The van der Waals surface area contributed by atoms with Crippen molar-refractivity contribution in [2.45, 2.75) is 13.0 Å².